The zero-order valence-corrected chi connectivity index (χ0v) is 19.1. The van der Waals surface area contributed by atoms with Gasteiger partial charge in [-0.2, -0.15) is 4.31 Å². The normalized spacial score (nSPS) is 13.7. The molecule has 0 saturated carbocycles. The predicted octanol–water partition coefficient (Wildman–Crippen LogP) is 2.79. The van der Waals surface area contributed by atoms with Crippen molar-refractivity contribution >= 4 is 50.5 Å². The van der Waals surface area contributed by atoms with Gasteiger partial charge in [-0.25, -0.2) is 8.42 Å². The lowest BCUT2D eigenvalue weighted by atomic mass is 10.2. The largest absolute Gasteiger partial charge is 0.482 e. The molecule has 1 aliphatic heterocycles. The topological polar surface area (TPSA) is 96.0 Å². The number of thiophene rings is 1. The lowest BCUT2D eigenvalue weighted by Gasteiger charge is -2.28. The molecule has 162 valence electrons. The van der Waals surface area contributed by atoms with Gasteiger partial charge in [0.15, 0.2) is 6.61 Å². The van der Waals surface area contributed by atoms with Crippen molar-refractivity contribution in [2.24, 2.45) is 0 Å². The highest BCUT2D eigenvalue weighted by Gasteiger charge is 2.30. The second kappa shape index (κ2) is 8.93. The number of nitrogens with zero attached hydrogens (tertiary/aromatic N) is 2. The number of hydrogen-bond acceptors (Lipinski definition) is 6. The number of likely N-dealkylation sites (N-methyl/N-ethyl adjacent to an activating group) is 1. The van der Waals surface area contributed by atoms with Crippen LogP contribution in [0.5, 0.6) is 5.75 Å². The molecule has 0 saturated heterocycles. The van der Waals surface area contributed by atoms with Gasteiger partial charge in [0.25, 0.3) is 5.91 Å². The Morgan fingerprint density at radius 1 is 1.37 bits per heavy atom. The van der Waals surface area contributed by atoms with Crippen molar-refractivity contribution in [2.45, 2.75) is 31.3 Å². The third-order valence-corrected chi connectivity index (χ3v) is 7.69. The number of rotatable bonds is 7. The van der Waals surface area contributed by atoms with Crippen LogP contribution in [0.15, 0.2) is 34.5 Å². The SMILES string of the molecule is CC(C)N(Cc1cccs1)C(=O)CN(C)S(=O)(=O)c1cc2c(cc1Cl)NC(=O)CO2. The first-order chi connectivity index (χ1) is 14.1. The number of halogens is 1. The summed E-state index contributed by atoms with van der Waals surface area (Å²) in [6, 6.07) is 6.33. The van der Waals surface area contributed by atoms with Gasteiger partial charge < -0.3 is 15.0 Å². The molecule has 1 N–H and O–H groups in total. The standard InChI is InChI=1S/C19H22ClN3O5S2/c1-12(2)23(9-13-5-4-6-29-13)19(25)10-22(3)30(26,27)17-8-16-15(7-14(17)20)21-18(24)11-28-16/h4-8,12H,9-11H2,1-3H3,(H,21,24). The van der Waals surface area contributed by atoms with Gasteiger partial charge >= 0.3 is 0 Å². The fraction of sp³-hybridized carbons (Fsp3) is 0.368. The van der Waals surface area contributed by atoms with Gasteiger partial charge in [-0.3, -0.25) is 9.59 Å². The lowest BCUT2D eigenvalue weighted by Crippen LogP contribution is -2.43. The molecule has 3 rings (SSSR count). The average Bonchev–Trinajstić information content (AvgIpc) is 3.18. The first-order valence-electron chi connectivity index (χ1n) is 9.14. The average molecular weight is 472 g/mol. The molecule has 2 aromatic rings. The fourth-order valence-corrected chi connectivity index (χ4v) is 5.28. The summed E-state index contributed by atoms with van der Waals surface area (Å²) in [5, 5.41) is 4.43. The molecule has 0 atom stereocenters. The van der Waals surface area contributed by atoms with E-state index in [0.717, 1.165) is 9.18 Å². The van der Waals surface area contributed by atoms with Gasteiger partial charge in [-0.05, 0) is 31.4 Å². The summed E-state index contributed by atoms with van der Waals surface area (Å²) in [6.07, 6.45) is 0. The minimum atomic E-state index is -4.07. The second-order valence-corrected chi connectivity index (χ2v) is 10.5. The van der Waals surface area contributed by atoms with Crippen molar-refractivity contribution in [2.75, 3.05) is 25.5 Å². The van der Waals surface area contributed by atoms with E-state index in [0.29, 0.717) is 12.2 Å². The molecule has 0 unspecified atom stereocenters. The number of sulfonamides is 1. The van der Waals surface area contributed by atoms with Gasteiger partial charge in [0.05, 0.1) is 23.8 Å². The Labute approximate surface area is 184 Å². The van der Waals surface area contributed by atoms with E-state index in [2.05, 4.69) is 5.32 Å². The van der Waals surface area contributed by atoms with E-state index in [1.165, 1.54) is 30.5 Å². The molecule has 0 fully saturated rings. The van der Waals surface area contributed by atoms with Gasteiger partial charge in [0.2, 0.25) is 15.9 Å². The van der Waals surface area contributed by atoms with Crippen LogP contribution in [-0.4, -0.2) is 55.7 Å². The molecule has 1 aliphatic rings. The summed E-state index contributed by atoms with van der Waals surface area (Å²) in [4.78, 5) is 26.8. The van der Waals surface area contributed by atoms with Crippen LogP contribution in [0, 0.1) is 0 Å². The summed E-state index contributed by atoms with van der Waals surface area (Å²) in [5.41, 5.74) is 0.302. The molecular weight excluding hydrogens is 450 g/mol. The molecule has 2 heterocycles. The summed E-state index contributed by atoms with van der Waals surface area (Å²) in [7, 11) is -2.74. The van der Waals surface area contributed by atoms with E-state index < -0.39 is 10.0 Å². The smallest absolute Gasteiger partial charge is 0.262 e. The molecule has 0 spiro atoms. The molecular formula is C19H22ClN3O5S2. The zero-order valence-electron chi connectivity index (χ0n) is 16.7. The van der Waals surface area contributed by atoms with Crippen LogP contribution in [0.1, 0.15) is 18.7 Å². The quantitative estimate of drug-likeness (QED) is 0.669. The number of nitrogens with one attached hydrogen (secondary N) is 1. The number of anilines is 1. The monoisotopic (exact) mass is 471 g/mol. The number of carbonyl (C=O) groups excluding carboxylic acids is 2. The number of fused-ring (bicyclic) bond motifs is 1. The van der Waals surface area contributed by atoms with Crippen molar-refractivity contribution < 1.29 is 22.7 Å². The molecule has 30 heavy (non-hydrogen) atoms. The third-order valence-electron chi connectivity index (χ3n) is 4.56. The van der Waals surface area contributed by atoms with E-state index in [-0.39, 0.29) is 46.7 Å². The van der Waals surface area contributed by atoms with Crippen LogP contribution in [0.4, 0.5) is 5.69 Å². The third kappa shape index (κ3) is 4.77. The molecule has 0 radical (unpaired) electrons. The summed E-state index contributed by atoms with van der Waals surface area (Å²) >= 11 is 7.71. The van der Waals surface area contributed by atoms with Crippen LogP contribution in [0.2, 0.25) is 5.02 Å². The Hall–Kier alpha value is -2.14. The number of hydrogen-bond donors (Lipinski definition) is 1. The fourth-order valence-electron chi connectivity index (χ4n) is 2.94. The minimum Gasteiger partial charge on any atom is -0.482 e. The number of benzene rings is 1. The van der Waals surface area contributed by atoms with Gasteiger partial charge in [-0.15, -0.1) is 11.3 Å². The van der Waals surface area contributed by atoms with E-state index in [4.69, 9.17) is 16.3 Å². The van der Waals surface area contributed by atoms with E-state index in [9.17, 15) is 18.0 Å². The number of ether oxygens (including phenoxy) is 1. The van der Waals surface area contributed by atoms with Gasteiger partial charge in [0.1, 0.15) is 10.6 Å². The van der Waals surface area contributed by atoms with Crippen molar-refractivity contribution in [3.63, 3.8) is 0 Å². The summed E-state index contributed by atoms with van der Waals surface area (Å²) in [5.74, 6) is -0.461. The Morgan fingerprint density at radius 3 is 2.73 bits per heavy atom. The van der Waals surface area contributed by atoms with Crippen molar-refractivity contribution in [1.29, 1.82) is 0 Å². The molecule has 11 heteroatoms. The van der Waals surface area contributed by atoms with E-state index in [1.54, 1.807) is 4.90 Å². The number of amides is 2. The van der Waals surface area contributed by atoms with Crippen molar-refractivity contribution in [1.82, 2.24) is 9.21 Å². The Bertz CT molecular complexity index is 1050. The van der Waals surface area contributed by atoms with Crippen LogP contribution in [0.3, 0.4) is 0 Å². The van der Waals surface area contributed by atoms with E-state index >= 15 is 0 Å². The predicted molar refractivity (Wildman–Crippen MR) is 115 cm³/mol. The maximum atomic E-state index is 13.1. The summed E-state index contributed by atoms with van der Waals surface area (Å²) in [6.45, 7) is 3.62. The lowest BCUT2D eigenvalue weighted by molar-refractivity contribution is -0.133. The van der Waals surface area contributed by atoms with Crippen LogP contribution in [-0.2, 0) is 26.2 Å². The van der Waals surface area contributed by atoms with Gasteiger partial charge in [0, 0.05) is 24.0 Å². The van der Waals surface area contributed by atoms with Crippen molar-refractivity contribution in [3.05, 3.63) is 39.5 Å². The maximum Gasteiger partial charge on any atom is 0.262 e. The first-order valence-corrected chi connectivity index (χ1v) is 11.8. The minimum absolute atomic E-state index is 0.0712. The Morgan fingerprint density at radius 2 is 2.10 bits per heavy atom. The summed E-state index contributed by atoms with van der Waals surface area (Å²) < 4.78 is 32.4. The zero-order chi connectivity index (χ0) is 22.1. The highest BCUT2D eigenvalue weighted by atomic mass is 35.5. The first kappa shape index (κ1) is 22.5. The Balaban J connectivity index is 1.80. The van der Waals surface area contributed by atoms with E-state index in [1.807, 2.05) is 31.4 Å². The molecule has 0 aliphatic carbocycles. The highest BCUT2D eigenvalue weighted by molar-refractivity contribution is 7.89. The van der Waals surface area contributed by atoms with Crippen molar-refractivity contribution in [3.8, 4) is 5.75 Å². The number of carbonyl (C=O) groups is 2. The molecule has 2 amide bonds. The van der Waals surface area contributed by atoms with Crippen LogP contribution < -0.4 is 10.1 Å². The Kier molecular flexibility index (Phi) is 6.71. The second-order valence-electron chi connectivity index (χ2n) is 7.07. The highest BCUT2D eigenvalue weighted by Crippen LogP contribution is 2.36. The molecule has 1 aromatic heterocycles. The van der Waals surface area contributed by atoms with Gasteiger partial charge in [-0.1, -0.05) is 17.7 Å². The van der Waals surface area contributed by atoms with Crippen LogP contribution in [0.25, 0.3) is 0 Å². The van der Waals surface area contributed by atoms with Crippen LogP contribution >= 0.6 is 22.9 Å². The molecule has 0 bridgehead atoms. The molecule has 8 nitrogen and oxygen atoms in total. The molecule has 1 aromatic carbocycles. The maximum absolute atomic E-state index is 13.1.